The summed E-state index contributed by atoms with van der Waals surface area (Å²) in [7, 11) is -2.24. The Morgan fingerprint density at radius 2 is 1.29 bits per heavy atom. The number of hydrogen-bond acceptors (Lipinski definition) is 5. The van der Waals surface area contributed by atoms with Gasteiger partial charge in [-0.25, -0.2) is 8.42 Å². The maximum absolute atomic E-state index is 10.5. The molecule has 0 unspecified atom stereocenters. The van der Waals surface area contributed by atoms with Crippen molar-refractivity contribution in [3.05, 3.63) is 90.0 Å². The van der Waals surface area contributed by atoms with E-state index < -0.39 is 15.0 Å². The first-order valence-electron chi connectivity index (χ1n) is 8.76. The Morgan fingerprint density at radius 1 is 0.821 bits per heavy atom. The van der Waals surface area contributed by atoms with E-state index in [-0.39, 0.29) is 5.69 Å². The van der Waals surface area contributed by atoms with Gasteiger partial charge in [0.2, 0.25) is 0 Å². The largest absolute Gasteiger partial charge is 0.744 e. The van der Waals surface area contributed by atoms with Crippen molar-refractivity contribution in [3.63, 3.8) is 0 Å². The molecule has 0 atom stereocenters. The standard InChI is InChI=1S/C15H17N.C6H8N2O3S/c1-16(12-14-8-4-2-5-9-14)13-15-10-6-3-7-11-15;7-4-1-2-6(5(8)3-4)12(9,10)11/h2-11H,12-13H2,1H3;1-3H,7-8H2,(H,9,10,11). The molecular weight excluding hydrogens is 374 g/mol. The van der Waals surface area contributed by atoms with Gasteiger partial charge in [0.1, 0.15) is 23.2 Å². The number of nitrogens with two attached hydrogens (primary N) is 2. The van der Waals surface area contributed by atoms with Crippen molar-refractivity contribution in [1.29, 1.82) is 0 Å². The van der Waals surface area contributed by atoms with Gasteiger partial charge < -0.3 is 20.9 Å². The van der Waals surface area contributed by atoms with Crippen LogP contribution in [0.2, 0.25) is 0 Å². The van der Waals surface area contributed by atoms with Gasteiger partial charge in [-0.15, -0.1) is 0 Å². The molecule has 0 aliphatic carbocycles. The third kappa shape index (κ3) is 7.03. The molecule has 0 aliphatic rings. The minimum Gasteiger partial charge on any atom is -0.744 e. The van der Waals surface area contributed by atoms with Gasteiger partial charge >= 0.3 is 0 Å². The van der Waals surface area contributed by atoms with Crippen molar-refractivity contribution in [3.8, 4) is 0 Å². The van der Waals surface area contributed by atoms with Crippen LogP contribution in [0.4, 0.5) is 11.4 Å². The molecule has 0 saturated carbocycles. The molecule has 6 nitrogen and oxygen atoms in total. The summed E-state index contributed by atoms with van der Waals surface area (Å²) in [6, 6.07) is 24.9. The fraction of sp³-hybridized carbons (Fsp3) is 0.143. The number of benzene rings is 3. The van der Waals surface area contributed by atoms with E-state index in [9.17, 15) is 13.0 Å². The highest BCUT2D eigenvalue weighted by Crippen LogP contribution is 2.19. The summed E-state index contributed by atoms with van der Waals surface area (Å²) in [6.45, 7) is 2.16. The molecule has 0 amide bonds. The van der Waals surface area contributed by atoms with Crippen LogP contribution in [0.5, 0.6) is 0 Å². The molecule has 148 valence electrons. The van der Waals surface area contributed by atoms with Crippen molar-refractivity contribution < 1.29 is 17.9 Å². The molecule has 0 saturated heterocycles. The first-order valence-corrected chi connectivity index (χ1v) is 10.2. The number of hydrogen-bond donors (Lipinski definition) is 3. The zero-order valence-electron chi connectivity index (χ0n) is 15.7. The molecular formula is C21H25N3O3S. The van der Waals surface area contributed by atoms with Gasteiger partial charge in [-0.3, -0.25) is 0 Å². The zero-order valence-corrected chi connectivity index (χ0v) is 16.5. The predicted octanol–water partition coefficient (Wildman–Crippen LogP) is 1.66. The van der Waals surface area contributed by atoms with Crippen LogP contribution in [0.25, 0.3) is 0 Å². The van der Waals surface area contributed by atoms with Crippen molar-refractivity contribution in [2.75, 3.05) is 18.5 Å². The van der Waals surface area contributed by atoms with E-state index in [1.54, 1.807) is 0 Å². The van der Waals surface area contributed by atoms with Crippen LogP contribution in [0, 0.1) is 0 Å². The molecule has 0 heterocycles. The Labute approximate surface area is 166 Å². The van der Waals surface area contributed by atoms with E-state index in [0.29, 0.717) is 5.69 Å². The number of nitrogen functional groups attached to an aromatic ring is 2. The number of anilines is 2. The topological polar surface area (TPSA) is 114 Å². The van der Waals surface area contributed by atoms with Crippen LogP contribution >= 0.6 is 0 Å². The Hall–Kier alpha value is -2.87. The second kappa shape index (κ2) is 9.89. The fourth-order valence-corrected chi connectivity index (χ4v) is 3.33. The molecule has 0 fully saturated rings. The monoisotopic (exact) mass is 399 g/mol. The highest BCUT2D eigenvalue weighted by atomic mass is 32.2. The summed E-state index contributed by atoms with van der Waals surface area (Å²) in [5.74, 6) is 0. The Morgan fingerprint density at radius 3 is 1.68 bits per heavy atom. The van der Waals surface area contributed by atoms with Gasteiger partial charge in [0.15, 0.2) is 0 Å². The van der Waals surface area contributed by atoms with E-state index in [2.05, 4.69) is 67.7 Å². The van der Waals surface area contributed by atoms with Gasteiger partial charge in [-0.05, 0) is 18.2 Å². The molecule has 3 aromatic rings. The lowest BCUT2D eigenvalue weighted by atomic mass is 10.2. The number of nitrogens with one attached hydrogen (secondary N) is 1. The normalized spacial score (nSPS) is 11.0. The smallest absolute Gasteiger partial charge is 0.126 e. The highest BCUT2D eigenvalue weighted by molar-refractivity contribution is 7.86. The van der Waals surface area contributed by atoms with E-state index >= 15 is 0 Å². The minimum atomic E-state index is -4.48. The van der Waals surface area contributed by atoms with E-state index in [1.807, 2.05) is 0 Å². The molecule has 7 heteroatoms. The first-order chi connectivity index (χ1) is 13.3. The van der Waals surface area contributed by atoms with Crippen molar-refractivity contribution >= 4 is 21.5 Å². The molecule has 3 rings (SSSR count). The average molecular weight is 400 g/mol. The molecule has 5 N–H and O–H groups in total. The summed E-state index contributed by atoms with van der Waals surface area (Å²) in [4.78, 5) is 1.08. The maximum atomic E-state index is 10.5. The van der Waals surface area contributed by atoms with Crippen LogP contribution in [0.3, 0.4) is 0 Å². The maximum Gasteiger partial charge on any atom is 0.126 e. The van der Waals surface area contributed by atoms with Gasteiger partial charge in [-0.1, -0.05) is 60.7 Å². The molecule has 0 aromatic heterocycles. The van der Waals surface area contributed by atoms with Crippen LogP contribution in [-0.4, -0.2) is 20.0 Å². The Balaban J connectivity index is 0.000000209. The highest BCUT2D eigenvalue weighted by Gasteiger charge is 2.05. The summed E-state index contributed by atoms with van der Waals surface area (Å²) >= 11 is 0. The Kier molecular flexibility index (Phi) is 7.57. The van der Waals surface area contributed by atoms with Crippen molar-refractivity contribution in [2.45, 2.75) is 18.0 Å². The number of rotatable bonds is 5. The predicted molar refractivity (Wildman–Crippen MR) is 110 cm³/mol. The molecule has 28 heavy (non-hydrogen) atoms. The van der Waals surface area contributed by atoms with E-state index in [0.717, 1.165) is 19.2 Å². The lowest BCUT2D eigenvalue weighted by Gasteiger charge is -2.13. The van der Waals surface area contributed by atoms with Gasteiger partial charge in [0.25, 0.3) is 0 Å². The summed E-state index contributed by atoms with van der Waals surface area (Å²) in [6.07, 6.45) is 0. The van der Waals surface area contributed by atoms with Crippen molar-refractivity contribution in [2.24, 2.45) is 0 Å². The molecule has 0 aliphatic heterocycles. The SMILES string of the molecule is C[NH+](Cc1ccccc1)Cc1ccccc1.Nc1ccc(S(=O)(=O)[O-])c(N)c1. The lowest BCUT2D eigenvalue weighted by molar-refractivity contribution is -0.907. The van der Waals surface area contributed by atoms with Crippen molar-refractivity contribution in [1.82, 2.24) is 0 Å². The lowest BCUT2D eigenvalue weighted by Crippen LogP contribution is -3.06. The second-order valence-corrected chi connectivity index (χ2v) is 7.88. The Bertz CT molecular complexity index is 937. The van der Waals surface area contributed by atoms with Gasteiger partial charge in [-0.2, -0.15) is 0 Å². The summed E-state index contributed by atoms with van der Waals surface area (Å²) < 4.78 is 31.5. The summed E-state index contributed by atoms with van der Waals surface area (Å²) in [5, 5.41) is 0. The third-order valence-corrected chi connectivity index (χ3v) is 4.91. The molecule has 0 spiro atoms. The first kappa shape index (κ1) is 21.4. The zero-order chi connectivity index (χ0) is 20.6. The fourth-order valence-electron chi connectivity index (χ4n) is 2.75. The van der Waals surface area contributed by atoms with Gasteiger partial charge in [0, 0.05) is 16.8 Å². The van der Waals surface area contributed by atoms with Crippen LogP contribution in [0.1, 0.15) is 11.1 Å². The quantitative estimate of drug-likeness (QED) is 0.446. The molecule has 0 radical (unpaired) electrons. The van der Waals surface area contributed by atoms with Crippen LogP contribution in [-0.2, 0) is 23.2 Å². The average Bonchev–Trinajstić information content (AvgIpc) is 2.62. The van der Waals surface area contributed by atoms with Crippen LogP contribution in [0.15, 0.2) is 83.8 Å². The van der Waals surface area contributed by atoms with E-state index in [4.69, 9.17) is 11.5 Å². The second-order valence-electron chi connectivity index (χ2n) is 6.53. The van der Waals surface area contributed by atoms with Crippen LogP contribution < -0.4 is 16.4 Å². The van der Waals surface area contributed by atoms with E-state index in [1.165, 1.54) is 28.2 Å². The molecule has 0 bridgehead atoms. The molecule has 3 aromatic carbocycles. The number of quaternary nitrogens is 1. The van der Waals surface area contributed by atoms with Gasteiger partial charge in [0.05, 0.1) is 17.6 Å². The minimum absolute atomic E-state index is 0.120. The summed E-state index contributed by atoms with van der Waals surface area (Å²) in [5.41, 5.74) is 13.5. The third-order valence-electron chi connectivity index (χ3n) is 4.00.